The number of hydrogen-bond acceptors (Lipinski definition) is 2. The molecule has 2 heteroatoms. The average molecular weight is 158 g/mol. The van der Waals surface area contributed by atoms with E-state index in [1.807, 2.05) is 11.8 Å². The minimum Gasteiger partial charge on any atom is -0.298 e. The van der Waals surface area contributed by atoms with Crippen molar-refractivity contribution in [2.45, 2.75) is 43.6 Å². The van der Waals surface area contributed by atoms with Crippen LogP contribution in [0.15, 0.2) is 0 Å². The van der Waals surface area contributed by atoms with Gasteiger partial charge in [-0.3, -0.25) is 4.79 Å². The predicted octanol–water partition coefficient (Wildman–Crippen LogP) is 2.25. The number of carbonyl (C=O) groups is 1. The van der Waals surface area contributed by atoms with Crippen molar-refractivity contribution in [2.75, 3.05) is 0 Å². The van der Waals surface area contributed by atoms with Gasteiger partial charge in [0.1, 0.15) is 5.78 Å². The topological polar surface area (TPSA) is 17.1 Å². The van der Waals surface area contributed by atoms with Crippen LogP contribution < -0.4 is 0 Å². The van der Waals surface area contributed by atoms with E-state index in [-0.39, 0.29) is 0 Å². The molecule has 1 fully saturated rings. The summed E-state index contributed by atoms with van der Waals surface area (Å²) in [5.41, 5.74) is 0. The van der Waals surface area contributed by atoms with E-state index in [0.29, 0.717) is 16.3 Å². The smallest absolute Gasteiger partial charge is 0.145 e. The Morgan fingerprint density at radius 3 is 2.70 bits per heavy atom. The fourth-order valence-electron chi connectivity index (χ4n) is 1.26. The Bertz CT molecular complexity index is 131. The third-order valence-electron chi connectivity index (χ3n) is 1.69. The molecule has 0 aliphatic heterocycles. The Balaban J connectivity index is 2.33. The van der Waals surface area contributed by atoms with Crippen LogP contribution in [0.3, 0.4) is 0 Å². The van der Waals surface area contributed by atoms with E-state index in [0.717, 1.165) is 19.3 Å². The van der Waals surface area contributed by atoms with Crippen molar-refractivity contribution in [1.82, 2.24) is 0 Å². The van der Waals surface area contributed by atoms with Gasteiger partial charge >= 0.3 is 0 Å². The highest BCUT2D eigenvalue weighted by molar-refractivity contribution is 8.01. The van der Waals surface area contributed by atoms with Crippen molar-refractivity contribution in [3.63, 3.8) is 0 Å². The summed E-state index contributed by atoms with van der Waals surface area (Å²) in [5, 5.41) is 0.937. The van der Waals surface area contributed by atoms with E-state index in [2.05, 4.69) is 13.8 Å². The maximum atomic E-state index is 11.1. The Morgan fingerprint density at radius 1 is 1.60 bits per heavy atom. The molecule has 0 spiro atoms. The Kier molecular flexibility index (Phi) is 2.78. The van der Waals surface area contributed by atoms with Gasteiger partial charge in [0, 0.05) is 6.42 Å². The van der Waals surface area contributed by atoms with Crippen molar-refractivity contribution in [1.29, 1.82) is 0 Å². The van der Waals surface area contributed by atoms with Crippen LogP contribution in [-0.4, -0.2) is 16.3 Å². The van der Waals surface area contributed by atoms with Gasteiger partial charge in [-0.25, -0.2) is 0 Å². The molecule has 1 saturated carbocycles. The zero-order chi connectivity index (χ0) is 7.56. The highest BCUT2D eigenvalue weighted by Gasteiger charge is 2.25. The van der Waals surface area contributed by atoms with Gasteiger partial charge in [-0.1, -0.05) is 13.8 Å². The van der Waals surface area contributed by atoms with Gasteiger partial charge in [0.05, 0.1) is 5.25 Å². The molecular weight excluding hydrogens is 144 g/mol. The first-order valence-corrected chi connectivity index (χ1v) is 4.82. The molecule has 0 bridgehead atoms. The lowest BCUT2D eigenvalue weighted by Gasteiger charge is -2.09. The van der Waals surface area contributed by atoms with Gasteiger partial charge < -0.3 is 0 Å². The SMILES string of the molecule is CC(C)SC1CCCC1=O. The minimum absolute atomic E-state index is 0.333. The zero-order valence-corrected chi connectivity index (χ0v) is 7.41. The van der Waals surface area contributed by atoms with Crippen LogP contribution >= 0.6 is 11.8 Å². The molecule has 58 valence electrons. The Labute approximate surface area is 66.6 Å². The van der Waals surface area contributed by atoms with E-state index < -0.39 is 0 Å². The molecule has 10 heavy (non-hydrogen) atoms. The van der Waals surface area contributed by atoms with Crippen LogP contribution in [0.1, 0.15) is 33.1 Å². The molecule has 0 amide bonds. The first-order valence-electron chi connectivity index (χ1n) is 3.88. The third kappa shape index (κ3) is 2.01. The van der Waals surface area contributed by atoms with Gasteiger partial charge in [0.15, 0.2) is 0 Å². The van der Waals surface area contributed by atoms with Gasteiger partial charge in [0.2, 0.25) is 0 Å². The van der Waals surface area contributed by atoms with E-state index in [4.69, 9.17) is 0 Å². The van der Waals surface area contributed by atoms with Crippen molar-refractivity contribution in [3.05, 3.63) is 0 Å². The number of ketones is 1. The van der Waals surface area contributed by atoms with E-state index in [1.54, 1.807) is 0 Å². The lowest BCUT2D eigenvalue weighted by atomic mass is 10.3. The van der Waals surface area contributed by atoms with E-state index in [1.165, 1.54) is 0 Å². The van der Waals surface area contributed by atoms with E-state index >= 15 is 0 Å². The van der Waals surface area contributed by atoms with E-state index in [9.17, 15) is 4.79 Å². The van der Waals surface area contributed by atoms with Crippen LogP contribution in [0.4, 0.5) is 0 Å². The molecule has 1 unspecified atom stereocenters. The molecule has 1 rings (SSSR count). The highest BCUT2D eigenvalue weighted by Crippen LogP contribution is 2.29. The largest absolute Gasteiger partial charge is 0.298 e. The molecule has 0 heterocycles. The van der Waals surface area contributed by atoms with Gasteiger partial charge in [0.25, 0.3) is 0 Å². The number of carbonyl (C=O) groups excluding carboxylic acids is 1. The lowest BCUT2D eigenvalue weighted by Crippen LogP contribution is -2.10. The summed E-state index contributed by atoms with van der Waals surface area (Å²) in [7, 11) is 0. The molecule has 0 aromatic rings. The van der Waals surface area contributed by atoms with Crippen LogP contribution in [0.25, 0.3) is 0 Å². The standard InChI is InChI=1S/C8H14OS/c1-6(2)10-8-5-3-4-7(8)9/h6,8H,3-5H2,1-2H3. The molecular formula is C8H14OS. The predicted molar refractivity (Wildman–Crippen MR) is 45.4 cm³/mol. The molecule has 1 atom stereocenters. The lowest BCUT2D eigenvalue weighted by molar-refractivity contribution is -0.116. The zero-order valence-electron chi connectivity index (χ0n) is 6.59. The maximum absolute atomic E-state index is 11.1. The van der Waals surface area contributed by atoms with Crippen molar-refractivity contribution < 1.29 is 4.79 Å². The average Bonchev–Trinajstić information content (AvgIpc) is 2.15. The van der Waals surface area contributed by atoms with Crippen LogP contribution in [0.5, 0.6) is 0 Å². The summed E-state index contributed by atoms with van der Waals surface area (Å²) in [5.74, 6) is 0.471. The first-order chi connectivity index (χ1) is 4.70. The summed E-state index contributed by atoms with van der Waals surface area (Å²) in [6.07, 6.45) is 3.05. The Morgan fingerprint density at radius 2 is 2.30 bits per heavy atom. The van der Waals surface area contributed by atoms with Gasteiger partial charge in [-0.05, 0) is 18.1 Å². The molecule has 1 aliphatic rings. The highest BCUT2D eigenvalue weighted by atomic mass is 32.2. The fraction of sp³-hybridized carbons (Fsp3) is 0.875. The summed E-state index contributed by atoms with van der Waals surface area (Å²) in [6, 6.07) is 0. The molecule has 0 saturated heterocycles. The molecule has 0 aromatic carbocycles. The fourth-order valence-corrected chi connectivity index (χ4v) is 2.49. The monoisotopic (exact) mass is 158 g/mol. The summed E-state index contributed by atoms with van der Waals surface area (Å²) in [4.78, 5) is 11.1. The van der Waals surface area contributed by atoms with Gasteiger partial charge in [-0.2, -0.15) is 0 Å². The summed E-state index contributed by atoms with van der Waals surface area (Å²) < 4.78 is 0. The molecule has 0 radical (unpaired) electrons. The molecule has 0 N–H and O–H groups in total. The minimum atomic E-state index is 0.333. The second-order valence-corrected chi connectivity index (χ2v) is 4.82. The second-order valence-electron chi connectivity index (χ2n) is 3.03. The van der Waals surface area contributed by atoms with Crippen LogP contribution in [0, 0.1) is 0 Å². The number of Topliss-reactive ketones (excluding diaryl/α,β-unsaturated/α-hetero) is 1. The Hall–Kier alpha value is 0.0200. The quantitative estimate of drug-likeness (QED) is 0.613. The number of hydrogen-bond donors (Lipinski definition) is 0. The van der Waals surface area contributed by atoms with Crippen molar-refractivity contribution in [3.8, 4) is 0 Å². The molecule has 1 aliphatic carbocycles. The number of thioether (sulfide) groups is 1. The summed E-state index contributed by atoms with van der Waals surface area (Å²) >= 11 is 1.82. The second kappa shape index (κ2) is 3.42. The first kappa shape index (κ1) is 8.12. The maximum Gasteiger partial charge on any atom is 0.145 e. The van der Waals surface area contributed by atoms with Crippen LogP contribution in [0.2, 0.25) is 0 Å². The van der Waals surface area contributed by atoms with Crippen molar-refractivity contribution >= 4 is 17.5 Å². The van der Waals surface area contributed by atoms with Crippen molar-refractivity contribution in [2.24, 2.45) is 0 Å². The van der Waals surface area contributed by atoms with Gasteiger partial charge in [-0.15, -0.1) is 11.8 Å². The summed E-state index contributed by atoms with van der Waals surface area (Å²) in [6.45, 7) is 4.30. The molecule has 0 aromatic heterocycles. The molecule has 1 nitrogen and oxygen atoms in total. The van der Waals surface area contributed by atoms with Crippen LogP contribution in [-0.2, 0) is 4.79 Å². The normalized spacial score (nSPS) is 26.3. The number of rotatable bonds is 2. The third-order valence-corrected chi connectivity index (χ3v) is 3.06.